The minimum Gasteiger partial charge on any atom is -0.300 e. The van der Waals surface area contributed by atoms with E-state index in [1.807, 2.05) is 0 Å². The van der Waals surface area contributed by atoms with E-state index >= 15 is 0 Å². The fraction of sp³-hybridized carbons (Fsp3) is 0.895. The third-order valence-electron chi connectivity index (χ3n) is 4.71. The molecule has 1 fully saturated rings. The zero-order valence-electron chi connectivity index (χ0n) is 14.0. The number of hydrogen-bond donors (Lipinski definition) is 0. The van der Waals surface area contributed by atoms with Crippen LogP contribution in [-0.4, -0.2) is 11.6 Å². The maximum atomic E-state index is 11.9. The minimum absolute atomic E-state index is 0.0600. The molecule has 0 radical (unpaired) electrons. The van der Waals surface area contributed by atoms with Gasteiger partial charge in [0.2, 0.25) is 0 Å². The summed E-state index contributed by atoms with van der Waals surface area (Å²) in [6.45, 7) is 2.25. The highest BCUT2D eigenvalue weighted by Gasteiger charge is 2.24. The maximum Gasteiger partial charge on any atom is 0.136 e. The Morgan fingerprint density at radius 2 is 1.57 bits per heavy atom. The quantitative estimate of drug-likeness (QED) is 0.437. The fourth-order valence-corrected chi connectivity index (χ4v) is 3.28. The molecule has 1 aliphatic rings. The van der Waals surface area contributed by atoms with Crippen LogP contribution in [0, 0.1) is 5.92 Å². The number of Topliss-reactive ketones (excluding diaryl/α,β-unsaturated/α-hetero) is 2. The normalized spacial score (nSPS) is 18.9. The van der Waals surface area contributed by atoms with Crippen LogP contribution in [0.5, 0.6) is 0 Å². The molecular weight excluding hydrogens is 260 g/mol. The monoisotopic (exact) mass is 294 g/mol. The number of hydrogen-bond acceptors (Lipinski definition) is 2. The van der Waals surface area contributed by atoms with Crippen molar-refractivity contribution in [1.29, 1.82) is 0 Å². The first-order chi connectivity index (χ1) is 10.2. The molecule has 0 aromatic rings. The predicted molar refractivity (Wildman–Crippen MR) is 88.4 cm³/mol. The fourth-order valence-electron chi connectivity index (χ4n) is 3.28. The van der Waals surface area contributed by atoms with Gasteiger partial charge in [0.1, 0.15) is 11.6 Å². The highest BCUT2D eigenvalue weighted by molar-refractivity contribution is 5.88. The van der Waals surface area contributed by atoms with Crippen molar-refractivity contribution in [1.82, 2.24) is 0 Å². The van der Waals surface area contributed by atoms with Crippen LogP contribution in [0.1, 0.15) is 103 Å². The first kappa shape index (κ1) is 18.4. The molecule has 0 aromatic heterocycles. The van der Waals surface area contributed by atoms with E-state index in [2.05, 4.69) is 6.92 Å². The smallest absolute Gasteiger partial charge is 0.136 e. The largest absolute Gasteiger partial charge is 0.300 e. The van der Waals surface area contributed by atoms with Gasteiger partial charge in [-0.1, -0.05) is 64.7 Å². The average Bonchev–Trinajstić information content (AvgIpc) is 2.48. The van der Waals surface area contributed by atoms with Gasteiger partial charge in [0, 0.05) is 25.2 Å². The van der Waals surface area contributed by atoms with Crippen LogP contribution >= 0.6 is 0 Å². The molecule has 1 rings (SSSR count). The number of unbranched alkanes of at least 4 members (excludes halogenated alkanes) is 8. The Morgan fingerprint density at radius 3 is 2.19 bits per heavy atom. The van der Waals surface area contributed by atoms with Crippen LogP contribution in [0.25, 0.3) is 0 Å². The van der Waals surface area contributed by atoms with Gasteiger partial charge in [0.15, 0.2) is 0 Å². The van der Waals surface area contributed by atoms with Crippen molar-refractivity contribution in [2.24, 2.45) is 5.92 Å². The van der Waals surface area contributed by atoms with E-state index in [4.69, 9.17) is 0 Å². The summed E-state index contributed by atoms with van der Waals surface area (Å²) in [4.78, 5) is 23.6. The molecule has 0 bridgehead atoms. The molecular formula is C19H34O2. The van der Waals surface area contributed by atoms with E-state index < -0.39 is 0 Å². The van der Waals surface area contributed by atoms with E-state index in [-0.39, 0.29) is 5.92 Å². The lowest BCUT2D eigenvalue weighted by molar-refractivity contribution is -0.129. The average molecular weight is 294 g/mol. The maximum absolute atomic E-state index is 11.9. The predicted octanol–water partition coefficient (Wildman–Crippen LogP) is 5.63. The van der Waals surface area contributed by atoms with Crippen molar-refractivity contribution in [3.8, 4) is 0 Å². The van der Waals surface area contributed by atoms with E-state index in [0.717, 1.165) is 25.7 Å². The highest BCUT2D eigenvalue weighted by atomic mass is 16.1. The molecule has 0 N–H and O–H groups in total. The van der Waals surface area contributed by atoms with Crippen LogP contribution < -0.4 is 0 Å². The third kappa shape index (κ3) is 9.06. The topological polar surface area (TPSA) is 34.1 Å². The Hall–Kier alpha value is -0.660. The van der Waals surface area contributed by atoms with E-state index in [1.165, 1.54) is 51.4 Å². The molecule has 1 atom stereocenters. The first-order valence-corrected chi connectivity index (χ1v) is 9.28. The van der Waals surface area contributed by atoms with Crippen molar-refractivity contribution >= 4 is 11.6 Å². The van der Waals surface area contributed by atoms with Gasteiger partial charge in [0.25, 0.3) is 0 Å². The molecule has 122 valence electrons. The Balaban J connectivity index is 1.92. The summed E-state index contributed by atoms with van der Waals surface area (Å²) in [6, 6.07) is 0. The number of carbonyl (C=O) groups excluding carboxylic acids is 2. The van der Waals surface area contributed by atoms with E-state index in [0.29, 0.717) is 30.8 Å². The Morgan fingerprint density at radius 1 is 0.952 bits per heavy atom. The zero-order chi connectivity index (χ0) is 15.3. The van der Waals surface area contributed by atoms with Crippen LogP contribution in [0.3, 0.4) is 0 Å². The highest BCUT2D eigenvalue weighted by Crippen LogP contribution is 2.24. The molecule has 0 heterocycles. The molecule has 0 saturated heterocycles. The summed E-state index contributed by atoms with van der Waals surface area (Å²) in [6.07, 6.45) is 16.6. The molecule has 0 spiro atoms. The summed E-state index contributed by atoms with van der Waals surface area (Å²) >= 11 is 0. The molecule has 21 heavy (non-hydrogen) atoms. The van der Waals surface area contributed by atoms with Gasteiger partial charge in [0.05, 0.1) is 0 Å². The molecule has 1 aliphatic carbocycles. The molecule has 1 unspecified atom stereocenters. The molecule has 2 heteroatoms. The Bertz CT molecular complexity index is 296. The van der Waals surface area contributed by atoms with Gasteiger partial charge in [-0.05, 0) is 19.3 Å². The van der Waals surface area contributed by atoms with Gasteiger partial charge in [-0.15, -0.1) is 0 Å². The molecule has 0 aromatic carbocycles. The molecule has 0 aliphatic heterocycles. The van der Waals surface area contributed by atoms with E-state index in [1.54, 1.807) is 0 Å². The number of carbonyl (C=O) groups is 2. The summed E-state index contributed by atoms with van der Waals surface area (Å²) in [5, 5.41) is 0. The first-order valence-electron chi connectivity index (χ1n) is 9.28. The van der Waals surface area contributed by atoms with Crippen LogP contribution in [0.15, 0.2) is 0 Å². The second kappa shape index (κ2) is 11.9. The second-order valence-corrected chi connectivity index (χ2v) is 6.73. The molecule has 1 saturated carbocycles. The molecule has 0 amide bonds. The lowest BCUT2D eigenvalue weighted by Crippen LogP contribution is -2.21. The second-order valence-electron chi connectivity index (χ2n) is 6.73. The van der Waals surface area contributed by atoms with E-state index in [9.17, 15) is 9.59 Å². The lowest BCUT2D eigenvalue weighted by atomic mass is 9.84. The summed E-state index contributed by atoms with van der Waals surface area (Å²) in [7, 11) is 0. The standard InChI is InChI=1S/C19H34O2/c1-2-3-4-5-6-7-8-9-10-14-18(20)16-17-13-11-12-15-19(17)21/h17H,2-16H2,1H3. The van der Waals surface area contributed by atoms with Gasteiger partial charge < -0.3 is 0 Å². The van der Waals surface area contributed by atoms with Gasteiger partial charge in [-0.3, -0.25) is 9.59 Å². The van der Waals surface area contributed by atoms with Crippen molar-refractivity contribution in [2.75, 3.05) is 0 Å². The summed E-state index contributed by atoms with van der Waals surface area (Å²) < 4.78 is 0. The van der Waals surface area contributed by atoms with Crippen molar-refractivity contribution < 1.29 is 9.59 Å². The van der Waals surface area contributed by atoms with Gasteiger partial charge >= 0.3 is 0 Å². The van der Waals surface area contributed by atoms with Crippen LogP contribution in [-0.2, 0) is 9.59 Å². The minimum atomic E-state index is 0.0600. The van der Waals surface area contributed by atoms with Crippen molar-refractivity contribution in [3.63, 3.8) is 0 Å². The Kier molecular flexibility index (Phi) is 10.5. The van der Waals surface area contributed by atoms with Gasteiger partial charge in [-0.25, -0.2) is 0 Å². The molecule has 2 nitrogen and oxygen atoms in total. The third-order valence-corrected chi connectivity index (χ3v) is 4.71. The SMILES string of the molecule is CCCCCCCCCCCC(=O)CC1CCCCC1=O. The van der Waals surface area contributed by atoms with Crippen LogP contribution in [0.2, 0.25) is 0 Å². The van der Waals surface area contributed by atoms with Crippen molar-refractivity contribution in [3.05, 3.63) is 0 Å². The Labute approximate surface area is 131 Å². The van der Waals surface area contributed by atoms with Crippen LogP contribution in [0.4, 0.5) is 0 Å². The summed E-state index contributed by atoms with van der Waals surface area (Å²) in [5.41, 5.74) is 0. The zero-order valence-corrected chi connectivity index (χ0v) is 14.0. The van der Waals surface area contributed by atoms with Crippen molar-refractivity contribution in [2.45, 2.75) is 103 Å². The lowest BCUT2D eigenvalue weighted by Gasteiger charge is -2.19. The van der Waals surface area contributed by atoms with Gasteiger partial charge in [-0.2, -0.15) is 0 Å². The number of ketones is 2. The summed E-state index contributed by atoms with van der Waals surface area (Å²) in [5.74, 6) is 0.713. The number of rotatable bonds is 12.